The highest BCUT2D eigenvalue weighted by molar-refractivity contribution is 9.11. The maximum absolute atomic E-state index is 12.1. The van der Waals surface area contributed by atoms with E-state index in [1.807, 2.05) is 0 Å². The number of nitrogens with one attached hydrogen (secondary N) is 1. The lowest BCUT2D eigenvalue weighted by molar-refractivity contribution is -0.384. The predicted molar refractivity (Wildman–Crippen MR) is 80.9 cm³/mol. The molecule has 0 amide bonds. The smallest absolute Gasteiger partial charge is 0.271 e. The third kappa shape index (κ3) is 3.29. The van der Waals surface area contributed by atoms with Crippen LogP contribution in [0.25, 0.3) is 0 Å². The van der Waals surface area contributed by atoms with Gasteiger partial charge in [-0.3, -0.25) is 14.8 Å². The Balaban J connectivity index is 2.33. The standard InChI is InChI=1S/C10H6BrClN2O4S2/c11-10-8(12)5-9(19-10)20(17,18)13-6-2-1-3-7(4-6)14(15)16/h1-5,13H. The Morgan fingerprint density at radius 3 is 2.60 bits per heavy atom. The van der Waals surface area contributed by atoms with Crippen LogP contribution < -0.4 is 4.72 Å². The number of hydrogen-bond acceptors (Lipinski definition) is 5. The summed E-state index contributed by atoms with van der Waals surface area (Å²) in [6.07, 6.45) is 0. The third-order valence-electron chi connectivity index (χ3n) is 2.20. The molecule has 2 rings (SSSR count). The van der Waals surface area contributed by atoms with Gasteiger partial charge in [0, 0.05) is 12.1 Å². The van der Waals surface area contributed by atoms with E-state index in [9.17, 15) is 18.5 Å². The second-order valence-electron chi connectivity index (χ2n) is 3.60. The van der Waals surface area contributed by atoms with Gasteiger partial charge in [-0.05, 0) is 28.1 Å². The van der Waals surface area contributed by atoms with Gasteiger partial charge in [-0.25, -0.2) is 8.42 Å². The zero-order chi connectivity index (χ0) is 14.9. The van der Waals surface area contributed by atoms with E-state index in [0.717, 1.165) is 17.4 Å². The summed E-state index contributed by atoms with van der Waals surface area (Å²) in [4.78, 5) is 10.0. The van der Waals surface area contributed by atoms with Crippen molar-refractivity contribution < 1.29 is 13.3 Å². The Morgan fingerprint density at radius 2 is 2.05 bits per heavy atom. The molecule has 20 heavy (non-hydrogen) atoms. The van der Waals surface area contributed by atoms with Crippen molar-refractivity contribution in [1.82, 2.24) is 0 Å². The molecule has 1 aromatic carbocycles. The van der Waals surface area contributed by atoms with Gasteiger partial charge < -0.3 is 0 Å². The Morgan fingerprint density at radius 1 is 1.35 bits per heavy atom. The Kier molecular flexibility index (Phi) is 4.33. The summed E-state index contributed by atoms with van der Waals surface area (Å²) in [7, 11) is -3.83. The molecule has 0 atom stereocenters. The van der Waals surface area contributed by atoms with Crippen molar-refractivity contribution in [3.63, 3.8) is 0 Å². The molecule has 0 fully saturated rings. The van der Waals surface area contributed by atoms with Crippen LogP contribution in [0.15, 0.2) is 38.3 Å². The van der Waals surface area contributed by atoms with Crippen molar-refractivity contribution in [1.29, 1.82) is 0 Å². The molecule has 2 aromatic rings. The van der Waals surface area contributed by atoms with Crippen molar-refractivity contribution in [3.05, 3.63) is 49.3 Å². The second kappa shape index (κ2) is 5.68. The minimum absolute atomic E-state index is 0.0147. The molecule has 0 radical (unpaired) electrons. The van der Waals surface area contributed by atoms with Gasteiger partial charge in [0.05, 0.1) is 19.4 Å². The fourth-order valence-corrected chi connectivity index (χ4v) is 4.80. The first-order valence-corrected chi connectivity index (χ1v) is 8.49. The highest BCUT2D eigenvalue weighted by atomic mass is 79.9. The van der Waals surface area contributed by atoms with Crippen molar-refractivity contribution in [3.8, 4) is 0 Å². The highest BCUT2D eigenvalue weighted by Gasteiger charge is 2.20. The molecule has 0 spiro atoms. The molecule has 1 N–H and O–H groups in total. The van der Waals surface area contributed by atoms with Crippen LogP contribution in [0.4, 0.5) is 11.4 Å². The number of nitro groups is 1. The summed E-state index contributed by atoms with van der Waals surface area (Å²) in [5, 5.41) is 10.9. The zero-order valence-electron chi connectivity index (χ0n) is 9.54. The van der Waals surface area contributed by atoms with E-state index in [4.69, 9.17) is 11.6 Å². The van der Waals surface area contributed by atoms with Gasteiger partial charge in [-0.1, -0.05) is 17.7 Å². The summed E-state index contributed by atoms with van der Waals surface area (Å²) in [5.74, 6) is 0. The topological polar surface area (TPSA) is 89.3 Å². The molecule has 106 valence electrons. The van der Waals surface area contributed by atoms with Crippen LogP contribution in [0.3, 0.4) is 0 Å². The molecule has 0 unspecified atom stereocenters. The number of hydrogen-bond donors (Lipinski definition) is 1. The largest absolute Gasteiger partial charge is 0.279 e. The molecule has 0 saturated heterocycles. The number of nitro benzene ring substituents is 1. The van der Waals surface area contributed by atoms with Gasteiger partial charge in [0.25, 0.3) is 15.7 Å². The summed E-state index contributed by atoms with van der Waals surface area (Å²) < 4.78 is 27.0. The first-order chi connectivity index (χ1) is 9.29. The van der Waals surface area contributed by atoms with Gasteiger partial charge >= 0.3 is 0 Å². The monoisotopic (exact) mass is 396 g/mol. The fourth-order valence-electron chi connectivity index (χ4n) is 1.35. The molecular weight excluding hydrogens is 392 g/mol. The Hall–Kier alpha value is -1.16. The number of benzene rings is 1. The number of halogens is 2. The van der Waals surface area contributed by atoms with Crippen LogP contribution in [-0.2, 0) is 10.0 Å². The second-order valence-corrected chi connectivity index (χ2v) is 8.29. The lowest BCUT2D eigenvalue weighted by Gasteiger charge is -2.05. The number of thiophene rings is 1. The van der Waals surface area contributed by atoms with Crippen LogP contribution in [0.5, 0.6) is 0 Å². The van der Waals surface area contributed by atoms with Gasteiger partial charge in [-0.2, -0.15) is 0 Å². The number of rotatable bonds is 4. The van der Waals surface area contributed by atoms with Crippen LogP contribution in [0.2, 0.25) is 5.02 Å². The van der Waals surface area contributed by atoms with Crippen LogP contribution in [-0.4, -0.2) is 13.3 Å². The van der Waals surface area contributed by atoms with Crippen molar-refractivity contribution in [2.45, 2.75) is 4.21 Å². The molecule has 0 aliphatic heterocycles. The maximum Gasteiger partial charge on any atom is 0.271 e. The van der Waals surface area contributed by atoms with Gasteiger partial charge in [0.2, 0.25) is 0 Å². The minimum atomic E-state index is -3.83. The number of sulfonamides is 1. The third-order valence-corrected chi connectivity index (χ3v) is 6.53. The van der Waals surface area contributed by atoms with Crippen molar-refractivity contribution in [2.24, 2.45) is 0 Å². The molecule has 0 bridgehead atoms. The van der Waals surface area contributed by atoms with E-state index in [2.05, 4.69) is 20.7 Å². The average Bonchev–Trinajstić information content (AvgIpc) is 2.70. The molecule has 6 nitrogen and oxygen atoms in total. The maximum atomic E-state index is 12.1. The Bertz CT molecular complexity index is 756. The highest BCUT2D eigenvalue weighted by Crippen LogP contribution is 2.35. The van der Waals surface area contributed by atoms with Crippen molar-refractivity contribution in [2.75, 3.05) is 4.72 Å². The first-order valence-electron chi connectivity index (χ1n) is 5.02. The quantitative estimate of drug-likeness (QED) is 0.626. The first kappa shape index (κ1) is 15.2. The summed E-state index contributed by atoms with van der Waals surface area (Å²) in [5.41, 5.74) is -0.0876. The zero-order valence-corrected chi connectivity index (χ0v) is 13.5. The van der Waals surface area contributed by atoms with Gasteiger partial charge in [0.15, 0.2) is 0 Å². The summed E-state index contributed by atoms with van der Waals surface area (Å²) in [6.45, 7) is 0. The SMILES string of the molecule is O=[N+]([O-])c1cccc(NS(=O)(=O)c2cc(Cl)c(Br)s2)c1. The number of nitrogens with zero attached hydrogens (tertiary/aromatic N) is 1. The number of non-ortho nitro benzene ring substituents is 1. The average molecular weight is 398 g/mol. The van der Waals surface area contributed by atoms with Crippen LogP contribution in [0.1, 0.15) is 0 Å². The summed E-state index contributed by atoms with van der Waals surface area (Å²) >= 11 is 9.87. The van der Waals surface area contributed by atoms with E-state index in [0.29, 0.717) is 3.79 Å². The lowest BCUT2D eigenvalue weighted by atomic mass is 10.3. The minimum Gasteiger partial charge on any atom is -0.279 e. The molecule has 0 aliphatic carbocycles. The summed E-state index contributed by atoms with van der Waals surface area (Å²) in [6, 6.07) is 6.54. The molecule has 1 heterocycles. The van der Waals surface area contributed by atoms with Crippen molar-refractivity contribution >= 4 is 60.3 Å². The molecule has 0 aliphatic rings. The van der Waals surface area contributed by atoms with E-state index in [-0.39, 0.29) is 20.6 Å². The predicted octanol–water partition coefficient (Wildman–Crippen LogP) is 3.87. The van der Waals surface area contributed by atoms with E-state index in [1.54, 1.807) is 0 Å². The normalized spacial score (nSPS) is 11.3. The molecular formula is C10H6BrClN2O4S2. The van der Waals surface area contributed by atoms with Crippen LogP contribution >= 0.6 is 38.9 Å². The van der Waals surface area contributed by atoms with Gasteiger partial charge in [-0.15, -0.1) is 11.3 Å². The van der Waals surface area contributed by atoms with Gasteiger partial charge in [0.1, 0.15) is 4.21 Å². The Labute approximate surface area is 131 Å². The van der Waals surface area contributed by atoms with Crippen LogP contribution in [0, 0.1) is 10.1 Å². The molecule has 1 aromatic heterocycles. The van der Waals surface area contributed by atoms with E-state index < -0.39 is 14.9 Å². The lowest BCUT2D eigenvalue weighted by Crippen LogP contribution is -2.11. The number of anilines is 1. The van der Waals surface area contributed by atoms with E-state index in [1.165, 1.54) is 24.3 Å². The molecule has 10 heteroatoms. The molecule has 0 saturated carbocycles. The van der Waals surface area contributed by atoms with E-state index >= 15 is 0 Å². The fraction of sp³-hybridized carbons (Fsp3) is 0.